The SMILES string of the molecule is Cc1nc(CC(CNCC(C)C)C(C)C)cs1. The smallest absolute Gasteiger partial charge is 0.0897 e. The Labute approximate surface area is 110 Å². The predicted molar refractivity (Wildman–Crippen MR) is 76.6 cm³/mol. The maximum atomic E-state index is 4.57. The first-order chi connectivity index (χ1) is 7.99. The van der Waals surface area contributed by atoms with Crippen LogP contribution < -0.4 is 5.32 Å². The van der Waals surface area contributed by atoms with Gasteiger partial charge in [0.25, 0.3) is 0 Å². The molecule has 0 aliphatic rings. The third-order valence-electron chi connectivity index (χ3n) is 3.04. The maximum absolute atomic E-state index is 4.57. The molecule has 3 heteroatoms. The molecular formula is C14H26N2S. The number of nitrogens with zero attached hydrogens (tertiary/aromatic N) is 1. The zero-order chi connectivity index (χ0) is 12.8. The maximum Gasteiger partial charge on any atom is 0.0897 e. The Balaban J connectivity index is 2.43. The van der Waals surface area contributed by atoms with Gasteiger partial charge < -0.3 is 5.32 Å². The molecule has 1 heterocycles. The molecular weight excluding hydrogens is 228 g/mol. The molecule has 0 fully saturated rings. The largest absolute Gasteiger partial charge is 0.316 e. The summed E-state index contributed by atoms with van der Waals surface area (Å²) in [5.74, 6) is 2.12. The summed E-state index contributed by atoms with van der Waals surface area (Å²) in [4.78, 5) is 4.57. The highest BCUT2D eigenvalue weighted by Crippen LogP contribution is 2.18. The van der Waals surface area contributed by atoms with Crippen molar-refractivity contribution in [1.29, 1.82) is 0 Å². The molecule has 0 saturated heterocycles. The van der Waals surface area contributed by atoms with E-state index in [-0.39, 0.29) is 0 Å². The first kappa shape index (κ1) is 14.7. The Hall–Kier alpha value is -0.410. The molecule has 17 heavy (non-hydrogen) atoms. The summed E-state index contributed by atoms with van der Waals surface area (Å²) in [6.07, 6.45) is 1.10. The Morgan fingerprint density at radius 2 is 1.94 bits per heavy atom. The molecule has 1 unspecified atom stereocenters. The van der Waals surface area contributed by atoms with Gasteiger partial charge in [-0.3, -0.25) is 0 Å². The molecule has 1 N–H and O–H groups in total. The predicted octanol–water partition coefficient (Wildman–Crippen LogP) is 3.51. The van der Waals surface area contributed by atoms with E-state index in [1.807, 2.05) is 0 Å². The van der Waals surface area contributed by atoms with Crippen LogP contribution in [-0.4, -0.2) is 18.1 Å². The van der Waals surface area contributed by atoms with Gasteiger partial charge in [0.2, 0.25) is 0 Å². The molecule has 1 aromatic heterocycles. The number of aromatic nitrogens is 1. The van der Waals surface area contributed by atoms with Crippen LogP contribution in [0.15, 0.2) is 5.38 Å². The molecule has 0 bridgehead atoms. The molecule has 1 aromatic rings. The summed E-state index contributed by atoms with van der Waals surface area (Å²) in [5, 5.41) is 6.95. The summed E-state index contributed by atoms with van der Waals surface area (Å²) in [6.45, 7) is 13.4. The molecule has 0 aromatic carbocycles. The van der Waals surface area contributed by atoms with Gasteiger partial charge in [0.15, 0.2) is 0 Å². The quantitative estimate of drug-likeness (QED) is 0.805. The minimum absolute atomic E-state index is 0.690. The van der Waals surface area contributed by atoms with Gasteiger partial charge >= 0.3 is 0 Å². The van der Waals surface area contributed by atoms with Gasteiger partial charge in [-0.1, -0.05) is 27.7 Å². The lowest BCUT2D eigenvalue weighted by molar-refractivity contribution is 0.350. The van der Waals surface area contributed by atoms with E-state index in [0.29, 0.717) is 11.8 Å². The molecule has 0 amide bonds. The normalized spacial score (nSPS) is 13.6. The lowest BCUT2D eigenvalue weighted by Crippen LogP contribution is -2.30. The Morgan fingerprint density at radius 3 is 2.41 bits per heavy atom. The number of hydrogen-bond donors (Lipinski definition) is 1. The third kappa shape index (κ3) is 5.64. The minimum atomic E-state index is 0.690. The Morgan fingerprint density at radius 1 is 1.24 bits per heavy atom. The van der Waals surface area contributed by atoms with Crippen molar-refractivity contribution in [2.75, 3.05) is 13.1 Å². The number of rotatable bonds is 7. The number of thiazole rings is 1. The molecule has 2 nitrogen and oxygen atoms in total. The van der Waals surface area contributed by atoms with Crippen LogP contribution in [0.5, 0.6) is 0 Å². The summed E-state index contributed by atoms with van der Waals surface area (Å²) >= 11 is 1.76. The van der Waals surface area contributed by atoms with Crippen LogP contribution in [0.25, 0.3) is 0 Å². The van der Waals surface area contributed by atoms with Crippen molar-refractivity contribution in [3.05, 3.63) is 16.1 Å². The van der Waals surface area contributed by atoms with Gasteiger partial charge in [-0.25, -0.2) is 4.98 Å². The Kier molecular flexibility index (Phi) is 6.14. The first-order valence-electron chi connectivity index (χ1n) is 6.60. The van der Waals surface area contributed by atoms with E-state index >= 15 is 0 Å². The highest BCUT2D eigenvalue weighted by atomic mass is 32.1. The third-order valence-corrected chi connectivity index (χ3v) is 3.86. The topological polar surface area (TPSA) is 24.9 Å². The van der Waals surface area contributed by atoms with E-state index in [0.717, 1.165) is 25.4 Å². The molecule has 0 spiro atoms. The van der Waals surface area contributed by atoms with Crippen LogP contribution in [0.4, 0.5) is 0 Å². The monoisotopic (exact) mass is 254 g/mol. The zero-order valence-corrected chi connectivity index (χ0v) is 12.6. The van der Waals surface area contributed by atoms with Gasteiger partial charge in [0.05, 0.1) is 10.7 Å². The molecule has 0 radical (unpaired) electrons. The van der Waals surface area contributed by atoms with Crippen LogP contribution in [0, 0.1) is 24.7 Å². The van der Waals surface area contributed by atoms with E-state index in [2.05, 4.69) is 50.3 Å². The second kappa shape index (κ2) is 7.12. The zero-order valence-electron chi connectivity index (χ0n) is 11.8. The van der Waals surface area contributed by atoms with Crippen molar-refractivity contribution in [1.82, 2.24) is 10.3 Å². The van der Waals surface area contributed by atoms with Gasteiger partial charge in [-0.2, -0.15) is 0 Å². The van der Waals surface area contributed by atoms with Gasteiger partial charge in [-0.15, -0.1) is 11.3 Å². The summed E-state index contributed by atoms with van der Waals surface area (Å²) in [7, 11) is 0. The number of nitrogens with one attached hydrogen (secondary N) is 1. The molecule has 0 aliphatic heterocycles. The standard InChI is InChI=1S/C14H26N2S/c1-10(2)7-15-8-13(11(3)4)6-14-9-17-12(5)16-14/h9-11,13,15H,6-8H2,1-5H3. The second-order valence-corrected chi connectivity index (χ2v) is 6.68. The Bertz CT molecular complexity index is 318. The van der Waals surface area contributed by atoms with Crippen LogP contribution in [0.2, 0.25) is 0 Å². The lowest BCUT2D eigenvalue weighted by atomic mass is 9.91. The van der Waals surface area contributed by atoms with Crippen molar-refractivity contribution >= 4 is 11.3 Å². The minimum Gasteiger partial charge on any atom is -0.316 e. The lowest BCUT2D eigenvalue weighted by Gasteiger charge is -2.21. The summed E-state index contributed by atoms with van der Waals surface area (Å²) in [5.41, 5.74) is 1.26. The van der Waals surface area contributed by atoms with Gasteiger partial charge in [-0.05, 0) is 44.2 Å². The average molecular weight is 254 g/mol. The van der Waals surface area contributed by atoms with Crippen molar-refractivity contribution in [2.45, 2.75) is 41.0 Å². The van der Waals surface area contributed by atoms with E-state index < -0.39 is 0 Å². The van der Waals surface area contributed by atoms with E-state index in [4.69, 9.17) is 0 Å². The van der Waals surface area contributed by atoms with Crippen molar-refractivity contribution in [3.63, 3.8) is 0 Å². The van der Waals surface area contributed by atoms with Crippen LogP contribution in [0.1, 0.15) is 38.4 Å². The molecule has 1 rings (SSSR count). The molecule has 0 aliphatic carbocycles. The van der Waals surface area contributed by atoms with E-state index in [1.54, 1.807) is 11.3 Å². The fourth-order valence-corrected chi connectivity index (χ4v) is 2.50. The van der Waals surface area contributed by atoms with Gasteiger partial charge in [0.1, 0.15) is 0 Å². The van der Waals surface area contributed by atoms with E-state index in [1.165, 1.54) is 10.7 Å². The molecule has 98 valence electrons. The van der Waals surface area contributed by atoms with Crippen LogP contribution in [0.3, 0.4) is 0 Å². The van der Waals surface area contributed by atoms with Crippen LogP contribution in [-0.2, 0) is 6.42 Å². The van der Waals surface area contributed by atoms with Gasteiger partial charge in [0, 0.05) is 5.38 Å². The summed E-state index contributed by atoms with van der Waals surface area (Å²) in [6, 6.07) is 0. The highest BCUT2D eigenvalue weighted by molar-refractivity contribution is 7.09. The summed E-state index contributed by atoms with van der Waals surface area (Å²) < 4.78 is 0. The molecule has 0 saturated carbocycles. The second-order valence-electron chi connectivity index (χ2n) is 5.62. The highest BCUT2D eigenvalue weighted by Gasteiger charge is 2.15. The molecule has 1 atom stereocenters. The fourth-order valence-electron chi connectivity index (χ4n) is 1.87. The average Bonchev–Trinajstić information content (AvgIpc) is 2.62. The van der Waals surface area contributed by atoms with E-state index in [9.17, 15) is 0 Å². The van der Waals surface area contributed by atoms with Crippen molar-refractivity contribution in [2.24, 2.45) is 17.8 Å². The number of aryl methyl sites for hydroxylation is 1. The first-order valence-corrected chi connectivity index (χ1v) is 7.48. The fraction of sp³-hybridized carbons (Fsp3) is 0.786. The number of hydrogen-bond acceptors (Lipinski definition) is 3. The van der Waals surface area contributed by atoms with Crippen molar-refractivity contribution in [3.8, 4) is 0 Å². The van der Waals surface area contributed by atoms with Crippen molar-refractivity contribution < 1.29 is 0 Å². The van der Waals surface area contributed by atoms with Crippen LogP contribution >= 0.6 is 11.3 Å².